The minimum absolute atomic E-state index is 0.248. The summed E-state index contributed by atoms with van der Waals surface area (Å²) in [5, 5.41) is 0. The molecule has 1 aromatic rings. The molecule has 2 fully saturated rings. The van der Waals surface area contributed by atoms with Crippen molar-refractivity contribution in [3.05, 3.63) is 34.9 Å². The summed E-state index contributed by atoms with van der Waals surface area (Å²) in [5.74, 6) is 0.248. The molecule has 2 aliphatic heterocycles. The van der Waals surface area contributed by atoms with E-state index in [-0.39, 0.29) is 5.91 Å². The van der Waals surface area contributed by atoms with Gasteiger partial charge in [0.1, 0.15) is 0 Å². The number of piperidine rings is 1. The molecule has 1 aromatic carbocycles. The monoisotopic (exact) mass is 344 g/mol. The summed E-state index contributed by atoms with van der Waals surface area (Å²) in [7, 11) is 1.99. The van der Waals surface area contributed by atoms with Crippen LogP contribution in [0.15, 0.2) is 18.2 Å². The van der Waals surface area contributed by atoms with E-state index in [0.29, 0.717) is 18.5 Å². The summed E-state index contributed by atoms with van der Waals surface area (Å²) in [6.07, 6.45) is 5.02. The zero-order chi connectivity index (χ0) is 17.8. The Balaban J connectivity index is 1.52. The van der Waals surface area contributed by atoms with Crippen molar-refractivity contribution in [3.63, 3.8) is 0 Å². The third-order valence-corrected chi connectivity index (χ3v) is 5.99. The molecule has 0 radical (unpaired) electrons. The van der Waals surface area contributed by atoms with Crippen molar-refractivity contribution in [3.8, 4) is 0 Å². The molecule has 0 unspecified atom stereocenters. The second kappa shape index (κ2) is 8.33. The summed E-state index contributed by atoms with van der Waals surface area (Å²) in [5.41, 5.74) is 3.60. The molecular weight excluding hydrogens is 312 g/mol. The van der Waals surface area contributed by atoms with Crippen LogP contribution in [0, 0.1) is 13.8 Å². The molecule has 0 spiro atoms. The quantitative estimate of drug-likeness (QED) is 0.842. The normalized spacial score (nSPS) is 20.6. The fraction of sp³-hybridized carbons (Fsp3) is 0.667. The fourth-order valence-electron chi connectivity index (χ4n) is 4.17. The molecule has 0 atom stereocenters. The number of hydrogen-bond acceptors (Lipinski definition) is 3. The number of benzene rings is 1. The van der Waals surface area contributed by atoms with Crippen molar-refractivity contribution in [2.24, 2.45) is 0 Å². The topological polar surface area (TPSA) is 32.8 Å². The third kappa shape index (κ3) is 4.62. The van der Waals surface area contributed by atoms with Gasteiger partial charge in [0, 0.05) is 45.4 Å². The Morgan fingerprint density at radius 1 is 1.16 bits per heavy atom. The number of rotatable bonds is 4. The molecule has 4 nitrogen and oxygen atoms in total. The van der Waals surface area contributed by atoms with Gasteiger partial charge in [0.25, 0.3) is 0 Å². The minimum Gasteiger partial charge on any atom is -0.381 e. The predicted molar refractivity (Wildman–Crippen MR) is 101 cm³/mol. The number of aryl methyl sites for hydroxylation is 2. The van der Waals surface area contributed by atoms with Gasteiger partial charge in [0.15, 0.2) is 0 Å². The van der Waals surface area contributed by atoms with Crippen molar-refractivity contribution in [1.29, 1.82) is 0 Å². The number of carbonyl (C=O) groups excluding carboxylic acids is 1. The molecule has 1 amide bonds. The molecule has 138 valence electrons. The summed E-state index contributed by atoms with van der Waals surface area (Å²) in [6, 6.07) is 7.44. The molecule has 0 bridgehead atoms. The molecule has 2 saturated heterocycles. The minimum atomic E-state index is 0.248. The van der Waals surface area contributed by atoms with Crippen molar-refractivity contribution in [2.45, 2.75) is 58.0 Å². The van der Waals surface area contributed by atoms with E-state index < -0.39 is 0 Å². The molecule has 3 rings (SSSR count). The van der Waals surface area contributed by atoms with Crippen LogP contribution in [0.2, 0.25) is 0 Å². The van der Waals surface area contributed by atoms with Gasteiger partial charge in [0.2, 0.25) is 5.91 Å². The number of likely N-dealkylation sites (N-methyl/N-ethyl adjacent to an activating group) is 1. The van der Waals surface area contributed by atoms with Gasteiger partial charge in [-0.25, -0.2) is 0 Å². The van der Waals surface area contributed by atoms with Crippen molar-refractivity contribution in [1.82, 2.24) is 9.80 Å². The molecule has 0 aliphatic carbocycles. The highest BCUT2D eigenvalue weighted by Gasteiger charge is 2.29. The lowest BCUT2D eigenvalue weighted by Crippen LogP contribution is -2.50. The Morgan fingerprint density at radius 2 is 1.84 bits per heavy atom. The lowest BCUT2D eigenvalue weighted by atomic mass is 9.97. The van der Waals surface area contributed by atoms with Crippen LogP contribution in [-0.2, 0) is 16.0 Å². The first-order valence-electron chi connectivity index (χ1n) is 9.68. The van der Waals surface area contributed by atoms with E-state index in [0.717, 1.165) is 57.6 Å². The highest BCUT2D eigenvalue weighted by Crippen LogP contribution is 2.23. The first-order chi connectivity index (χ1) is 12.0. The van der Waals surface area contributed by atoms with Gasteiger partial charge in [-0.1, -0.05) is 23.8 Å². The van der Waals surface area contributed by atoms with E-state index >= 15 is 0 Å². The fourth-order valence-corrected chi connectivity index (χ4v) is 4.17. The van der Waals surface area contributed by atoms with Crippen molar-refractivity contribution in [2.75, 3.05) is 33.4 Å². The Labute approximate surface area is 152 Å². The van der Waals surface area contributed by atoms with E-state index in [1.54, 1.807) is 0 Å². The zero-order valence-corrected chi connectivity index (χ0v) is 16.0. The van der Waals surface area contributed by atoms with Gasteiger partial charge in [0.05, 0.1) is 6.42 Å². The van der Waals surface area contributed by atoms with Gasteiger partial charge in [-0.3, -0.25) is 4.79 Å². The predicted octanol–water partition coefficient (Wildman–Crippen LogP) is 2.95. The molecule has 0 saturated carbocycles. The maximum absolute atomic E-state index is 12.8. The number of likely N-dealkylation sites (tertiary alicyclic amines) is 1. The van der Waals surface area contributed by atoms with E-state index in [4.69, 9.17) is 4.74 Å². The summed E-state index contributed by atoms with van der Waals surface area (Å²) in [6.45, 7) is 8.20. The summed E-state index contributed by atoms with van der Waals surface area (Å²) < 4.78 is 5.48. The Bertz CT molecular complexity index is 588. The van der Waals surface area contributed by atoms with Crippen LogP contribution < -0.4 is 0 Å². The van der Waals surface area contributed by atoms with Crippen LogP contribution in [-0.4, -0.2) is 61.1 Å². The maximum atomic E-state index is 12.8. The van der Waals surface area contributed by atoms with Crippen LogP contribution in [0.1, 0.15) is 42.4 Å². The smallest absolute Gasteiger partial charge is 0.226 e. The Hall–Kier alpha value is -1.39. The number of hydrogen-bond donors (Lipinski definition) is 0. The molecule has 2 heterocycles. The van der Waals surface area contributed by atoms with Gasteiger partial charge < -0.3 is 14.5 Å². The molecular formula is C21H32N2O2. The lowest BCUT2D eigenvalue weighted by molar-refractivity contribution is -0.132. The number of ether oxygens (including phenoxy) is 1. The van der Waals surface area contributed by atoms with Gasteiger partial charge in [-0.05, 0) is 50.7 Å². The first kappa shape index (κ1) is 18.4. The molecule has 0 aromatic heterocycles. The van der Waals surface area contributed by atoms with Gasteiger partial charge in [-0.15, -0.1) is 0 Å². The summed E-state index contributed by atoms with van der Waals surface area (Å²) >= 11 is 0. The second-order valence-electron chi connectivity index (χ2n) is 7.72. The maximum Gasteiger partial charge on any atom is 0.226 e. The number of nitrogens with zero attached hydrogens (tertiary/aromatic N) is 2. The van der Waals surface area contributed by atoms with Crippen LogP contribution >= 0.6 is 0 Å². The van der Waals surface area contributed by atoms with E-state index in [1.165, 1.54) is 11.1 Å². The van der Waals surface area contributed by atoms with E-state index in [9.17, 15) is 4.79 Å². The molecule has 2 aliphatic rings. The van der Waals surface area contributed by atoms with E-state index in [2.05, 4.69) is 36.9 Å². The van der Waals surface area contributed by atoms with Gasteiger partial charge in [-0.2, -0.15) is 0 Å². The SMILES string of the molecule is Cc1ccc(C)c(CC(=O)N(C)C2CCN(C3CCOCC3)CC2)c1. The van der Waals surface area contributed by atoms with Gasteiger partial charge >= 0.3 is 0 Å². The van der Waals surface area contributed by atoms with Crippen LogP contribution in [0.4, 0.5) is 0 Å². The molecule has 0 N–H and O–H groups in total. The Kier molecular flexibility index (Phi) is 6.13. The summed E-state index contributed by atoms with van der Waals surface area (Å²) in [4.78, 5) is 17.4. The van der Waals surface area contributed by atoms with Crippen molar-refractivity contribution >= 4 is 5.91 Å². The average Bonchev–Trinajstić information content (AvgIpc) is 2.65. The zero-order valence-electron chi connectivity index (χ0n) is 16.0. The number of amides is 1. The largest absolute Gasteiger partial charge is 0.381 e. The Morgan fingerprint density at radius 3 is 2.52 bits per heavy atom. The van der Waals surface area contributed by atoms with Crippen LogP contribution in [0.5, 0.6) is 0 Å². The van der Waals surface area contributed by atoms with Crippen LogP contribution in [0.3, 0.4) is 0 Å². The lowest BCUT2D eigenvalue weighted by Gasteiger charge is -2.41. The highest BCUT2D eigenvalue weighted by molar-refractivity contribution is 5.79. The number of carbonyl (C=O) groups is 1. The highest BCUT2D eigenvalue weighted by atomic mass is 16.5. The van der Waals surface area contributed by atoms with E-state index in [1.807, 2.05) is 11.9 Å². The van der Waals surface area contributed by atoms with Crippen molar-refractivity contribution < 1.29 is 9.53 Å². The average molecular weight is 344 g/mol. The molecule has 25 heavy (non-hydrogen) atoms. The van der Waals surface area contributed by atoms with Crippen LogP contribution in [0.25, 0.3) is 0 Å². The second-order valence-corrected chi connectivity index (χ2v) is 7.72. The standard InChI is InChI=1S/C21H32N2O2/c1-16-4-5-17(2)18(14-16)15-21(24)22(3)19-6-10-23(11-7-19)20-8-12-25-13-9-20/h4-5,14,19-20H,6-13,15H2,1-3H3. The molecule has 4 heteroatoms. The third-order valence-electron chi connectivity index (χ3n) is 5.99. The first-order valence-corrected chi connectivity index (χ1v) is 9.68.